The molecule has 0 aliphatic rings. The lowest BCUT2D eigenvalue weighted by Crippen LogP contribution is -2.15. The molecule has 4 N–H and O–H groups in total. The molecule has 0 atom stereocenters. The molecule has 0 saturated carbocycles. The van der Waals surface area contributed by atoms with Crippen LogP contribution < -0.4 is 15.8 Å². The zero-order valence-corrected chi connectivity index (χ0v) is 20.0. The topological polar surface area (TPSA) is 162 Å². The Labute approximate surface area is 206 Å². The van der Waals surface area contributed by atoms with E-state index in [1.807, 2.05) is 0 Å². The number of hydrogen-bond donors (Lipinski definition) is 3. The molecule has 0 unspecified atom stereocenters. The van der Waals surface area contributed by atoms with Crippen molar-refractivity contribution in [2.45, 2.75) is 0 Å². The number of hydrogen-bond acceptors (Lipinski definition) is 8. The number of benzene rings is 3. The van der Waals surface area contributed by atoms with Gasteiger partial charge in [0.05, 0.1) is 24.5 Å². The highest BCUT2D eigenvalue weighted by atomic mass is 32.2. The second-order valence-corrected chi connectivity index (χ2v) is 9.31. The Morgan fingerprint density at radius 1 is 1.03 bits per heavy atom. The van der Waals surface area contributed by atoms with Crippen LogP contribution in [0.4, 0.5) is 5.69 Å². The minimum absolute atomic E-state index is 0.0390. The molecule has 184 valence electrons. The highest BCUT2D eigenvalue weighted by Crippen LogP contribution is 2.37. The number of nitrogens with one attached hydrogen (secondary N) is 2. The van der Waals surface area contributed by atoms with Crippen LogP contribution in [0, 0.1) is 5.41 Å². The fraction of sp³-hybridized carbons (Fsp3) is 0.0800. The first-order valence-electron chi connectivity index (χ1n) is 10.5. The molecule has 10 nitrogen and oxygen atoms in total. The first-order chi connectivity index (χ1) is 17.1. The summed E-state index contributed by atoms with van der Waals surface area (Å²) in [5.74, 6) is -1.27. The molecular weight excluding hydrogens is 486 g/mol. The van der Waals surface area contributed by atoms with Crippen LogP contribution in [-0.4, -0.2) is 39.5 Å². The van der Waals surface area contributed by atoms with Gasteiger partial charge in [-0.15, -0.1) is 0 Å². The van der Waals surface area contributed by atoms with E-state index in [0.29, 0.717) is 28.0 Å². The van der Waals surface area contributed by atoms with Crippen LogP contribution in [0.5, 0.6) is 5.75 Å². The zero-order chi connectivity index (χ0) is 26.0. The molecule has 0 saturated heterocycles. The summed E-state index contributed by atoms with van der Waals surface area (Å²) in [5.41, 5.74) is 6.91. The molecule has 11 heteroatoms. The lowest BCUT2D eigenvalue weighted by atomic mass is 10.00. The summed E-state index contributed by atoms with van der Waals surface area (Å²) in [4.78, 5) is 26.2. The van der Waals surface area contributed by atoms with Crippen LogP contribution in [0.1, 0.15) is 26.3 Å². The Kier molecular flexibility index (Phi) is 6.49. The zero-order valence-electron chi connectivity index (χ0n) is 19.2. The fourth-order valence-corrected chi connectivity index (χ4v) is 3.95. The summed E-state index contributed by atoms with van der Waals surface area (Å²) >= 11 is 0. The molecule has 4 aromatic rings. The van der Waals surface area contributed by atoms with Crippen molar-refractivity contribution in [2.75, 3.05) is 18.7 Å². The van der Waals surface area contributed by atoms with Gasteiger partial charge in [-0.05, 0) is 48.5 Å². The highest BCUT2D eigenvalue weighted by Gasteiger charge is 2.27. The molecule has 0 spiro atoms. The molecule has 0 aliphatic carbocycles. The van der Waals surface area contributed by atoms with Gasteiger partial charge in [0.15, 0.2) is 0 Å². The minimum Gasteiger partial charge on any atom is -0.497 e. The SMILES string of the molecule is COc1ccc2oc(-c3ccccc3C(=O)OS(C)(=O)=O)c(C(=O)Nc3ccc(C(=N)N)cc3)c2c1. The lowest BCUT2D eigenvalue weighted by Gasteiger charge is -2.10. The Morgan fingerprint density at radius 2 is 1.72 bits per heavy atom. The Bertz CT molecular complexity index is 1610. The second-order valence-electron chi connectivity index (χ2n) is 7.73. The number of amidine groups is 1. The number of carbonyl (C=O) groups is 2. The quantitative estimate of drug-likeness (QED) is 0.193. The van der Waals surface area contributed by atoms with Crippen molar-refractivity contribution in [3.8, 4) is 17.1 Å². The molecule has 3 aromatic carbocycles. The molecule has 0 fully saturated rings. The largest absolute Gasteiger partial charge is 0.497 e. The summed E-state index contributed by atoms with van der Waals surface area (Å²) in [6.45, 7) is 0. The molecule has 36 heavy (non-hydrogen) atoms. The van der Waals surface area contributed by atoms with Crippen molar-refractivity contribution in [1.29, 1.82) is 5.41 Å². The fourth-order valence-electron chi connectivity index (χ4n) is 3.59. The number of carbonyl (C=O) groups excluding carboxylic acids is 2. The van der Waals surface area contributed by atoms with Crippen LogP contribution in [0.15, 0.2) is 71.1 Å². The monoisotopic (exact) mass is 507 g/mol. The van der Waals surface area contributed by atoms with Crippen molar-refractivity contribution in [3.63, 3.8) is 0 Å². The van der Waals surface area contributed by atoms with Crippen LogP contribution in [0.25, 0.3) is 22.3 Å². The number of nitrogens with two attached hydrogens (primary N) is 1. The molecule has 1 aromatic heterocycles. The van der Waals surface area contributed by atoms with Crippen molar-refractivity contribution in [2.24, 2.45) is 5.73 Å². The number of anilines is 1. The standard InChI is InChI=1S/C25H21N3O7S/c1-33-16-11-12-20-19(13-16)21(24(29)28-15-9-7-14(8-10-15)23(26)27)22(34-20)17-5-3-4-6-18(17)25(30)35-36(2,31)32/h3-13H,1-2H3,(H3,26,27)(H,28,29). The first-order valence-corrected chi connectivity index (χ1v) is 12.3. The Hall–Kier alpha value is -4.64. The van der Waals surface area contributed by atoms with E-state index in [1.54, 1.807) is 48.5 Å². The number of rotatable bonds is 7. The number of fused-ring (bicyclic) bond motifs is 1. The predicted molar refractivity (Wildman–Crippen MR) is 134 cm³/mol. The van der Waals surface area contributed by atoms with Crippen molar-refractivity contribution in [1.82, 2.24) is 0 Å². The average molecular weight is 508 g/mol. The van der Waals surface area contributed by atoms with Gasteiger partial charge in [0, 0.05) is 22.2 Å². The van der Waals surface area contributed by atoms with Crippen molar-refractivity contribution >= 4 is 44.5 Å². The summed E-state index contributed by atoms with van der Waals surface area (Å²) in [5, 5.41) is 10.7. The van der Waals surface area contributed by atoms with Gasteiger partial charge in [0.1, 0.15) is 22.9 Å². The van der Waals surface area contributed by atoms with E-state index in [1.165, 1.54) is 25.3 Å². The molecule has 0 radical (unpaired) electrons. The highest BCUT2D eigenvalue weighted by molar-refractivity contribution is 7.86. The Morgan fingerprint density at radius 3 is 2.36 bits per heavy atom. The molecule has 4 rings (SSSR count). The maximum atomic E-state index is 13.5. The van der Waals surface area contributed by atoms with Gasteiger partial charge in [-0.3, -0.25) is 10.2 Å². The van der Waals surface area contributed by atoms with Crippen LogP contribution >= 0.6 is 0 Å². The van der Waals surface area contributed by atoms with Gasteiger partial charge in [-0.2, -0.15) is 8.42 Å². The normalized spacial score (nSPS) is 11.2. The van der Waals surface area contributed by atoms with Crippen LogP contribution in [0.2, 0.25) is 0 Å². The van der Waals surface area contributed by atoms with E-state index < -0.39 is 22.0 Å². The molecule has 1 heterocycles. The Balaban J connectivity index is 1.86. The van der Waals surface area contributed by atoms with Gasteiger partial charge < -0.3 is 24.4 Å². The van der Waals surface area contributed by atoms with E-state index in [9.17, 15) is 18.0 Å². The first kappa shape index (κ1) is 24.5. The van der Waals surface area contributed by atoms with E-state index in [-0.39, 0.29) is 28.3 Å². The number of furan rings is 1. The third-order valence-corrected chi connectivity index (χ3v) is 5.65. The average Bonchev–Trinajstić information content (AvgIpc) is 3.22. The summed E-state index contributed by atoms with van der Waals surface area (Å²) in [6.07, 6.45) is 0.761. The summed E-state index contributed by atoms with van der Waals surface area (Å²) in [6, 6.07) is 17.3. The summed E-state index contributed by atoms with van der Waals surface area (Å²) in [7, 11) is -2.60. The number of methoxy groups -OCH3 is 1. The number of ether oxygens (including phenoxy) is 1. The van der Waals surface area contributed by atoms with Gasteiger partial charge >= 0.3 is 16.1 Å². The van der Waals surface area contributed by atoms with E-state index in [2.05, 4.69) is 9.50 Å². The van der Waals surface area contributed by atoms with Gasteiger partial charge in [-0.25, -0.2) is 4.79 Å². The van der Waals surface area contributed by atoms with Crippen molar-refractivity contribution in [3.05, 3.63) is 83.4 Å². The van der Waals surface area contributed by atoms with E-state index >= 15 is 0 Å². The van der Waals surface area contributed by atoms with Crippen LogP contribution in [0.3, 0.4) is 0 Å². The molecular formula is C25H21N3O7S. The maximum absolute atomic E-state index is 13.5. The maximum Gasteiger partial charge on any atom is 0.354 e. The van der Waals surface area contributed by atoms with Gasteiger partial charge in [0.25, 0.3) is 5.91 Å². The van der Waals surface area contributed by atoms with Gasteiger partial charge in [-0.1, -0.05) is 18.2 Å². The van der Waals surface area contributed by atoms with Crippen LogP contribution in [-0.2, 0) is 14.3 Å². The minimum atomic E-state index is -4.08. The molecule has 0 bridgehead atoms. The van der Waals surface area contributed by atoms with E-state index in [4.69, 9.17) is 20.3 Å². The van der Waals surface area contributed by atoms with E-state index in [0.717, 1.165) is 6.26 Å². The third-order valence-electron chi connectivity index (χ3n) is 5.19. The number of amides is 1. The third kappa shape index (κ3) is 5.05. The second kappa shape index (κ2) is 9.55. The number of nitrogen functional groups attached to an aromatic ring is 1. The lowest BCUT2D eigenvalue weighted by molar-refractivity contribution is 0.0748. The summed E-state index contributed by atoms with van der Waals surface area (Å²) < 4.78 is 39.0. The van der Waals surface area contributed by atoms with Crippen molar-refractivity contribution < 1.29 is 31.3 Å². The smallest absolute Gasteiger partial charge is 0.354 e. The molecule has 0 aliphatic heterocycles. The molecule has 1 amide bonds. The predicted octanol–water partition coefficient (Wildman–Crippen LogP) is 3.76. The van der Waals surface area contributed by atoms with Gasteiger partial charge in [0.2, 0.25) is 0 Å².